The van der Waals surface area contributed by atoms with E-state index in [0.717, 1.165) is 25.9 Å². The highest BCUT2D eigenvalue weighted by molar-refractivity contribution is 7.25. The number of para-hydroxylation sites is 1. The second-order valence-electron chi connectivity index (χ2n) is 5.60. The Morgan fingerprint density at radius 2 is 1.96 bits per heavy atom. The third kappa shape index (κ3) is 3.76. The van der Waals surface area contributed by atoms with Gasteiger partial charge < -0.3 is 10.1 Å². The molecule has 26 heavy (non-hydrogen) atoms. The van der Waals surface area contributed by atoms with Gasteiger partial charge in [0, 0.05) is 5.56 Å². The van der Waals surface area contributed by atoms with Crippen molar-refractivity contribution in [3.05, 3.63) is 71.6 Å². The molecule has 4 nitrogen and oxygen atoms in total. The van der Waals surface area contributed by atoms with Crippen LogP contribution < -0.4 is 10.1 Å². The van der Waals surface area contributed by atoms with Crippen molar-refractivity contribution in [3.63, 3.8) is 0 Å². The van der Waals surface area contributed by atoms with Gasteiger partial charge in [-0.2, -0.15) is 0 Å². The molecule has 0 aliphatic rings. The maximum atomic E-state index is 12.4. The van der Waals surface area contributed by atoms with Crippen molar-refractivity contribution in [1.82, 2.24) is 10.3 Å². The number of thiophene rings is 1. The molecule has 0 saturated carbocycles. The molecule has 0 saturated heterocycles. The largest absolute Gasteiger partial charge is 0.492 e. The van der Waals surface area contributed by atoms with E-state index < -0.39 is 0 Å². The van der Waals surface area contributed by atoms with E-state index in [1.165, 1.54) is 0 Å². The molecule has 4 rings (SSSR count). The number of rotatable bonds is 6. The van der Waals surface area contributed by atoms with Crippen LogP contribution in [0.15, 0.2) is 66.0 Å². The summed E-state index contributed by atoms with van der Waals surface area (Å²) in [6, 6.07) is 19.3. The highest BCUT2D eigenvalue weighted by Crippen LogP contribution is 2.33. The van der Waals surface area contributed by atoms with Gasteiger partial charge in [0.05, 0.1) is 21.6 Å². The topological polar surface area (TPSA) is 51.2 Å². The number of thiazole rings is 1. The SMILES string of the molecule is O=C(NCCOc1ccccc1)c1ccc2nc(-c3cccs3)sc2c1. The van der Waals surface area contributed by atoms with Gasteiger partial charge in [0.15, 0.2) is 0 Å². The van der Waals surface area contributed by atoms with Crippen LogP contribution in [0.2, 0.25) is 0 Å². The van der Waals surface area contributed by atoms with Crippen LogP contribution in [0.5, 0.6) is 5.75 Å². The maximum Gasteiger partial charge on any atom is 0.251 e. The van der Waals surface area contributed by atoms with Crippen molar-refractivity contribution in [2.24, 2.45) is 0 Å². The summed E-state index contributed by atoms with van der Waals surface area (Å²) in [5, 5.41) is 5.92. The zero-order valence-corrected chi connectivity index (χ0v) is 15.5. The number of nitrogens with one attached hydrogen (secondary N) is 1. The van der Waals surface area contributed by atoms with Crippen molar-refractivity contribution in [2.45, 2.75) is 0 Å². The molecule has 0 bridgehead atoms. The first kappa shape index (κ1) is 16.8. The lowest BCUT2D eigenvalue weighted by molar-refractivity contribution is 0.0947. The minimum absolute atomic E-state index is 0.102. The molecule has 130 valence electrons. The second kappa shape index (κ2) is 7.68. The van der Waals surface area contributed by atoms with Gasteiger partial charge in [-0.05, 0) is 41.8 Å². The Kier molecular flexibility index (Phi) is 4.95. The zero-order chi connectivity index (χ0) is 17.8. The summed E-state index contributed by atoms with van der Waals surface area (Å²) < 4.78 is 6.60. The number of hydrogen-bond acceptors (Lipinski definition) is 5. The molecule has 0 aliphatic carbocycles. The van der Waals surface area contributed by atoms with Crippen molar-refractivity contribution >= 4 is 38.8 Å². The van der Waals surface area contributed by atoms with Crippen molar-refractivity contribution in [1.29, 1.82) is 0 Å². The van der Waals surface area contributed by atoms with Crippen LogP contribution in [0.4, 0.5) is 0 Å². The first-order valence-corrected chi connectivity index (χ1v) is 9.90. The van der Waals surface area contributed by atoms with E-state index in [4.69, 9.17) is 4.74 Å². The van der Waals surface area contributed by atoms with Gasteiger partial charge in [0.25, 0.3) is 5.91 Å². The van der Waals surface area contributed by atoms with Crippen LogP contribution >= 0.6 is 22.7 Å². The molecule has 0 radical (unpaired) electrons. The van der Waals surface area contributed by atoms with Crippen LogP contribution in [0.3, 0.4) is 0 Å². The number of amides is 1. The predicted octanol–water partition coefficient (Wildman–Crippen LogP) is 4.83. The number of fused-ring (bicyclic) bond motifs is 1. The number of hydrogen-bond donors (Lipinski definition) is 1. The molecule has 1 N–H and O–H groups in total. The lowest BCUT2D eigenvalue weighted by Gasteiger charge is -2.07. The summed E-state index contributed by atoms with van der Waals surface area (Å²) in [5.41, 5.74) is 1.56. The summed E-state index contributed by atoms with van der Waals surface area (Å²) in [7, 11) is 0. The molecular weight excluding hydrogens is 364 g/mol. The van der Waals surface area contributed by atoms with E-state index in [9.17, 15) is 4.79 Å². The third-order valence-electron chi connectivity index (χ3n) is 3.78. The van der Waals surface area contributed by atoms with Gasteiger partial charge in [-0.25, -0.2) is 4.98 Å². The van der Waals surface area contributed by atoms with Gasteiger partial charge in [-0.3, -0.25) is 4.79 Å². The number of benzene rings is 2. The summed E-state index contributed by atoms with van der Waals surface area (Å²) in [5.74, 6) is 0.698. The van der Waals surface area contributed by atoms with Gasteiger partial charge in [0.1, 0.15) is 17.4 Å². The summed E-state index contributed by atoms with van der Waals surface area (Å²) in [4.78, 5) is 18.1. The first-order valence-electron chi connectivity index (χ1n) is 8.20. The molecule has 2 aromatic carbocycles. The van der Waals surface area contributed by atoms with Gasteiger partial charge >= 0.3 is 0 Å². The van der Waals surface area contributed by atoms with E-state index in [0.29, 0.717) is 18.7 Å². The van der Waals surface area contributed by atoms with Gasteiger partial charge in [0.2, 0.25) is 0 Å². The minimum atomic E-state index is -0.102. The summed E-state index contributed by atoms with van der Waals surface area (Å²) in [6.45, 7) is 0.885. The second-order valence-corrected chi connectivity index (χ2v) is 7.57. The molecule has 0 fully saturated rings. The fraction of sp³-hybridized carbons (Fsp3) is 0.100. The Hall–Kier alpha value is -2.70. The smallest absolute Gasteiger partial charge is 0.251 e. The predicted molar refractivity (Wildman–Crippen MR) is 107 cm³/mol. The molecule has 0 unspecified atom stereocenters. The Morgan fingerprint density at radius 3 is 2.77 bits per heavy atom. The highest BCUT2D eigenvalue weighted by atomic mass is 32.1. The van der Waals surface area contributed by atoms with E-state index >= 15 is 0 Å². The van der Waals surface area contributed by atoms with E-state index in [2.05, 4.69) is 16.4 Å². The molecule has 1 amide bonds. The fourth-order valence-electron chi connectivity index (χ4n) is 2.52. The highest BCUT2D eigenvalue weighted by Gasteiger charge is 2.11. The van der Waals surface area contributed by atoms with E-state index in [-0.39, 0.29) is 5.91 Å². The third-order valence-corrected chi connectivity index (χ3v) is 5.84. The zero-order valence-electron chi connectivity index (χ0n) is 13.8. The normalized spacial score (nSPS) is 10.8. The first-order chi connectivity index (χ1) is 12.8. The van der Waals surface area contributed by atoms with Crippen LogP contribution in [0.25, 0.3) is 20.1 Å². The molecule has 0 spiro atoms. The lowest BCUT2D eigenvalue weighted by atomic mass is 10.2. The molecule has 4 aromatic rings. The number of aromatic nitrogens is 1. The standard InChI is InChI=1S/C20H16N2O2S2/c23-19(21-10-11-24-15-5-2-1-3-6-15)14-8-9-16-18(13-14)26-20(22-16)17-7-4-12-25-17/h1-9,12-13H,10-11H2,(H,21,23). The average molecular weight is 380 g/mol. The average Bonchev–Trinajstić information content (AvgIpc) is 3.34. The number of carbonyl (C=O) groups is 1. The van der Waals surface area contributed by atoms with Crippen molar-refractivity contribution in [2.75, 3.05) is 13.2 Å². The molecule has 6 heteroatoms. The Morgan fingerprint density at radius 1 is 1.08 bits per heavy atom. The van der Waals surface area contributed by atoms with Crippen molar-refractivity contribution in [3.8, 4) is 15.6 Å². The molecule has 2 aromatic heterocycles. The number of nitrogens with zero attached hydrogens (tertiary/aromatic N) is 1. The quantitative estimate of drug-likeness (QED) is 0.487. The van der Waals surface area contributed by atoms with Crippen LogP contribution in [-0.4, -0.2) is 24.0 Å². The fourth-order valence-corrected chi connectivity index (χ4v) is 4.33. The van der Waals surface area contributed by atoms with E-state index in [1.807, 2.05) is 60.0 Å². The van der Waals surface area contributed by atoms with Crippen LogP contribution in [0, 0.1) is 0 Å². The lowest BCUT2D eigenvalue weighted by Crippen LogP contribution is -2.28. The Labute approximate surface area is 159 Å². The number of ether oxygens (including phenoxy) is 1. The Balaban J connectivity index is 1.39. The number of carbonyl (C=O) groups excluding carboxylic acids is 1. The summed E-state index contributed by atoms with van der Waals surface area (Å²) in [6.07, 6.45) is 0. The molecule has 2 heterocycles. The van der Waals surface area contributed by atoms with E-state index in [1.54, 1.807) is 22.7 Å². The maximum absolute atomic E-state index is 12.4. The molecule has 0 aliphatic heterocycles. The van der Waals surface area contributed by atoms with Crippen LogP contribution in [0.1, 0.15) is 10.4 Å². The van der Waals surface area contributed by atoms with Crippen molar-refractivity contribution < 1.29 is 9.53 Å². The minimum Gasteiger partial charge on any atom is -0.492 e. The molecule has 0 atom stereocenters. The van der Waals surface area contributed by atoms with Crippen LogP contribution in [-0.2, 0) is 0 Å². The molecular formula is C20H16N2O2S2. The monoisotopic (exact) mass is 380 g/mol. The van der Waals surface area contributed by atoms with Gasteiger partial charge in [-0.15, -0.1) is 22.7 Å². The Bertz CT molecular complexity index is 1010. The summed E-state index contributed by atoms with van der Waals surface area (Å²) >= 11 is 3.28. The van der Waals surface area contributed by atoms with Gasteiger partial charge in [-0.1, -0.05) is 24.3 Å².